The Morgan fingerprint density at radius 3 is 0.700 bits per heavy atom. The summed E-state index contributed by atoms with van der Waals surface area (Å²) in [6.45, 7) is 0. The lowest BCUT2D eigenvalue weighted by Crippen LogP contribution is -2.75. The van der Waals surface area contributed by atoms with Gasteiger partial charge in [0.15, 0.2) is 0 Å². The lowest BCUT2D eigenvalue weighted by molar-refractivity contribution is -0.384. The van der Waals surface area contributed by atoms with Gasteiger partial charge in [0, 0.05) is 17.7 Å². The van der Waals surface area contributed by atoms with Crippen LogP contribution in [0.4, 0.5) is 111 Å². The average molecular weight is 1060 g/mol. The van der Waals surface area contributed by atoms with E-state index < -0.39 is 195 Å². The maximum Gasteiger partial charge on any atom is 0.416 e. The van der Waals surface area contributed by atoms with Gasteiger partial charge < -0.3 is 0 Å². The number of alkyl halides is 24. The summed E-state index contributed by atoms with van der Waals surface area (Å²) in [7, 11) is 0.346. The normalized spacial score (nSPS) is 13.6. The summed E-state index contributed by atoms with van der Waals surface area (Å²) >= 11 is 0. The van der Waals surface area contributed by atoms with E-state index in [0.717, 1.165) is 5.75 Å². The highest BCUT2D eigenvalue weighted by atomic mass is 32.2. The zero-order chi connectivity index (χ0) is 53.8. The van der Waals surface area contributed by atoms with E-state index in [4.69, 9.17) is 0 Å². The summed E-state index contributed by atoms with van der Waals surface area (Å²) in [4.78, 5) is 9.97. The molecule has 0 aliphatic rings. The molecule has 0 heterocycles. The average Bonchev–Trinajstić information content (AvgIpc) is 3.18. The molecule has 0 saturated carbocycles. The molecule has 29 heteroatoms. The predicted octanol–water partition coefficient (Wildman–Crippen LogP) is 13.2. The largest absolute Gasteiger partial charge is 0.416 e. The molecule has 0 spiro atoms. The molecule has 5 aromatic rings. The van der Waals surface area contributed by atoms with Crippen LogP contribution in [0, 0.1) is 10.1 Å². The third-order valence-corrected chi connectivity index (χ3v) is 11.0. The van der Waals surface area contributed by atoms with Crippen LogP contribution in [0.3, 0.4) is 0 Å². The summed E-state index contributed by atoms with van der Waals surface area (Å²) in [6.07, 6.45) is -50.5. The molecule has 3 nitrogen and oxygen atoms in total. The van der Waals surface area contributed by atoms with Crippen molar-refractivity contribution in [1.29, 1.82) is 0 Å². The van der Waals surface area contributed by atoms with Gasteiger partial charge in [0.25, 0.3) is 5.69 Å². The van der Waals surface area contributed by atoms with Gasteiger partial charge in [0.2, 0.25) is 0 Å². The summed E-state index contributed by atoms with van der Waals surface area (Å²) < 4.78 is 341. The fourth-order valence-corrected chi connectivity index (χ4v) is 7.98. The highest BCUT2D eigenvalue weighted by molar-refractivity contribution is 7.94. The first-order valence-electron chi connectivity index (χ1n) is 18.5. The molecule has 5 aromatic carbocycles. The minimum absolute atomic E-state index is 0.163. The van der Waals surface area contributed by atoms with Crippen molar-refractivity contribution in [3.05, 3.63) is 157 Å². The van der Waals surface area contributed by atoms with Gasteiger partial charge in [-0.2, -0.15) is 127 Å². The summed E-state index contributed by atoms with van der Waals surface area (Å²) in [5, 5.41) is 10.3. The van der Waals surface area contributed by atoms with Crippen molar-refractivity contribution in [1.82, 2.24) is 0 Å². The summed E-state index contributed by atoms with van der Waals surface area (Å²) in [5.41, 5.74) is -28.9. The summed E-state index contributed by atoms with van der Waals surface area (Å²) in [5.74, 6) is 0.998. The van der Waals surface area contributed by atoms with E-state index in [1.807, 2.05) is 12.1 Å². The van der Waals surface area contributed by atoms with Crippen molar-refractivity contribution >= 4 is 44.6 Å². The minimum atomic E-state index is -6.13. The van der Waals surface area contributed by atoms with E-state index in [2.05, 4.69) is 12.5 Å². The Morgan fingerprint density at radius 1 is 0.371 bits per heavy atom. The van der Waals surface area contributed by atoms with Crippen molar-refractivity contribution in [3.8, 4) is 0 Å². The van der Waals surface area contributed by atoms with Gasteiger partial charge in [0.05, 0.1) is 61.9 Å². The molecule has 0 N–H and O–H groups in total. The Morgan fingerprint density at radius 2 is 0.557 bits per heavy atom. The number of hydrogen-bond donors (Lipinski definition) is 0. The maximum atomic E-state index is 14.2. The van der Waals surface area contributed by atoms with E-state index in [1.165, 1.54) is 5.56 Å². The minimum Gasteiger partial charge on any atom is -0.258 e. The topological polar surface area (TPSA) is 43.1 Å². The van der Waals surface area contributed by atoms with Crippen molar-refractivity contribution < 1.29 is 110 Å². The van der Waals surface area contributed by atoms with E-state index >= 15 is 0 Å². The molecule has 0 saturated heterocycles. The van der Waals surface area contributed by atoms with E-state index in [9.17, 15) is 115 Å². The van der Waals surface area contributed by atoms with Gasteiger partial charge in [0.1, 0.15) is 11.9 Å². The molecule has 0 fully saturated rings. The molecule has 0 atom stereocenters. The van der Waals surface area contributed by atoms with Crippen molar-refractivity contribution in [3.63, 3.8) is 0 Å². The monoisotopic (exact) mass is 1060 g/mol. The van der Waals surface area contributed by atoms with Gasteiger partial charge in [-0.05, 0) is 47.3 Å². The second-order valence-corrected chi connectivity index (χ2v) is 17.5. The van der Waals surface area contributed by atoms with Crippen molar-refractivity contribution in [2.75, 3.05) is 12.5 Å². The van der Waals surface area contributed by atoms with Crippen LogP contribution < -0.4 is 21.9 Å². The first kappa shape index (κ1) is 56.8. The molecule has 0 unspecified atom stereocenters. The Kier molecular flexibility index (Phi) is 15.5. The molecule has 0 radical (unpaired) electrons. The van der Waals surface area contributed by atoms with E-state index in [-0.39, 0.29) is 10.6 Å². The summed E-state index contributed by atoms with van der Waals surface area (Å²) in [6, 6.07) is -2.05. The zero-order valence-corrected chi connectivity index (χ0v) is 35.1. The molecule has 382 valence electrons. The maximum absolute atomic E-state index is 14.2. The number of non-ortho nitro benzene ring substituents is 1. The third kappa shape index (κ3) is 13.3. The molecule has 0 bridgehead atoms. The van der Waals surface area contributed by atoms with Crippen molar-refractivity contribution in [2.24, 2.45) is 0 Å². The van der Waals surface area contributed by atoms with Gasteiger partial charge in [-0.25, -0.2) is 0 Å². The predicted molar refractivity (Wildman–Crippen MR) is 206 cm³/mol. The quantitative estimate of drug-likeness (QED) is 0.0536. The second-order valence-electron chi connectivity index (χ2n) is 15.3. The Labute approximate surface area is 379 Å². The molecule has 70 heavy (non-hydrogen) atoms. The molecule has 0 amide bonds. The lowest BCUT2D eigenvalue weighted by atomic mass is 9.12. The second kappa shape index (κ2) is 19.1. The van der Waals surface area contributed by atoms with Crippen LogP contribution in [0.2, 0.25) is 0 Å². The molecule has 0 aliphatic heterocycles. The Bertz CT molecular complexity index is 2250. The number of nitro groups is 1. The zero-order valence-electron chi connectivity index (χ0n) is 34.3. The number of rotatable bonds is 7. The Hall–Kier alpha value is -5.77. The molecule has 0 aliphatic carbocycles. The fourth-order valence-electron chi connectivity index (χ4n) is 7.12. The van der Waals surface area contributed by atoms with Crippen LogP contribution in [-0.2, 0) is 66.1 Å². The van der Waals surface area contributed by atoms with Gasteiger partial charge >= 0.3 is 49.4 Å². The van der Waals surface area contributed by atoms with Crippen LogP contribution in [0.5, 0.6) is 0 Å². The van der Waals surface area contributed by atoms with Crippen LogP contribution in [0.1, 0.15) is 50.1 Å². The van der Waals surface area contributed by atoms with Crippen LogP contribution in [0.15, 0.2) is 97.1 Å². The van der Waals surface area contributed by atoms with Gasteiger partial charge in [-0.3, -0.25) is 10.1 Å². The first-order chi connectivity index (χ1) is 31.4. The number of benzene rings is 5. The van der Waals surface area contributed by atoms with E-state index in [1.54, 1.807) is 12.1 Å². The van der Waals surface area contributed by atoms with Crippen LogP contribution >= 0.6 is 0 Å². The molecule has 0 aromatic heterocycles. The molecular formula is C41H24BF24NO2S. The SMILES string of the molecule is C[S+](C)Cc1ccc([N+](=O)[O-])cc1.FC(F)(F)c1cc([B-](c2cc(C(F)(F)F)cc(C(F)(F)F)c2)(c2cc(C(F)(F)F)cc(C(F)(F)F)c2)c2cc(C(F)(F)F)cc(C(F)(F)F)c2)cc(C(F)(F)F)c1. The first-order valence-corrected chi connectivity index (χ1v) is 20.7. The molecular weight excluding hydrogens is 1040 g/mol. The highest BCUT2D eigenvalue weighted by Crippen LogP contribution is 2.41. The third-order valence-electron chi connectivity index (χ3n) is 10.0. The number of nitrogens with zero attached hydrogens (tertiary/aromatic N) is 1. The van der Waals surface area contributed by atoms with Gasteiger partial charge in [-0.15, -0.1) is 0 Å². The lowest BCUT2D eigenvalue weighted by Gasteiger charge is -2.46. The number of nitro benzene ring substituents is 1. The van der Waals surface area contributed by atoms with E-state index in [0.29, 0.717) is 10.9 Å². The highest BCUT2D eigenvalue weighted by Gasteiger charge is 2.47. The molecule has 5 rings (SSSR count). The number of halogens is 24. The van der Waals surface area contributed by atoms with Gasteiger partial charge in [-0.1, -0.05) is 48.5 Å². The van der Waals surface area contributed by atoms with Crippen LogP contribution in [-0.4, -0.2) is 23.6 Å². The Balaban J connectivity index is 0.000000707. The smallest absolute Gasteiger partial charge is 0.258 e. The van der Waals surface area contributed by atoms with Crippen molar-refractivity contribution in [2.45, 2.75) is 55.2 Å². The van der Waals surface area contributed by atoms with Crippen LogP contribution in [0.25, 0.3) is 0 Å². The fraction of sp³-hybridized carbons (Fsp3) is 0.268. The standard InChI is InChI=1S/C32H12BF24.C9H12NO2S/c34-25(35,36)13-1-14(26(37,38)39)6-21(5-13)33(22-7-15(27(40,41)42)2-16(8-22)28(43,44)45,23-9-17(29(46,47)48)3-18(10-23)30(49,50)51)24-11-19(31(52,53)54)4-20(12-24)32(55,56)57;1-13(2)7-8-3-5-9(6-4-8)10(11)12/h1-12H;3-6H,7H2,1-2H3/q-1;+1. The number of hydrogen-bond acceptors (Lipinski definition) is 2.